The summed E-state index contributed by atoms with van der Waals surface area (Å²) in [7, 11) is 3.75. The molecule has 7 nitrogen and oxygen atoms in total. The summed E-state index contributed by atoms with van der Waals surface area (Å²) in [5.41, 5.74) is 1.18. The average Bonchev–Trinajstić information content (AvgIpc) is 2.68. The topological polar surface area (TPSA) is 71.1 Å². The molecule has 0 bridgehead atoms. The number of rotatable bonds is 6. The van der Waals surface area contributed by atoms with Gasteiger partial charge in [0.25, 0.3) is 0 Å². The van der Waals surface area contributed by atoms with Crippen LogP contribution in [-0.4, -0.2) is 80.8 Å². The monoisotopic (exact) mass is 389 g/mol. The first-order valence-corrected chi connectivity index (χ1v) is 10.1. The fourth-order valence-corrected chi connectivity index (χ4v) is 3.88. The number of nitrogens with one attached hydrogen (secondary N) is 1. The van der Waals surface area contributed by atoms with Crippen LogP contribution in [0.25, 0.3) is 0 Å². The minimum atomic E-state index is -0.308. The number of benzene rings is 1. The highest BCUT2D eigenvalue weighted by Gasteiger charge is 2.22. The van der Waals surface area contributed by atoms with Crippen molar-refractivity contribution in [1.82, 2.24) is 9.80 Å². The second-order valence-electron chi connectivity index (χ2n) is 7.79. The molecule has 0 saturated carbocycles. The van der Waals surface area contributed by atoms with Crippen LogP contribution in [0.5, 0.6) is 0 Å². The van der Waals surface area contributed by atoms with Crippen molar-refractivity contribution in [3.8, 4) is 0 Å². The predicted octanol–water partition coefficient (Wildman–Crippen LogP) is 1.99. The van der Waals surface area contributed by atoms with Crippen LogP contribution in [0.2, 0.25) is 0 Å². The Labute approximate surface area is 167 Å². The minimum Gasteiger partial charge on any atom is -0.457 e. The van der Waals surface area contributed by atoms with Gasteiger partial charge < -0.3 is 19.7 Å². The van der Waals surface area contributed by atoms with Gasteiger partial charge in [-0.1, -0.05) is 0 Å². The lowest BCUT2D eigenvalue weighted by atomic mass is 10.1. The largest absolute Gasteiger partial charge is 0.457 e. The maximum atomic E-state index is 12.3. The highest BCUT2D eigenvalue weighted by atomic mass is 16.5. The number of likely N-dealkylation sites (N-methyl/N-ethyl adjacent to an activating group) is 1. The van der Waals surface area contributed by atoms with Gasteiger partial charge in [0.15, 0.2) is 0 Å². The van der Waals surface area contributed by atoms with E-state index in [1.807, 2.05) is 7.05 Å². The SMILES string of the molecule is CO[C@@H]1CCCN(CC(=O)Nc2ccc(C(=O)OC3CCCN(C)C3)cc2)C1. The van der Waals surface area contributed by atoms with Gasteiger partial charge in [-0.2, -0.15) is 0 Å². The Bertz CT molecular complexity index is 664. The highest BCUT2D eigenvalue weighted by Crippen LogP contribution is 2.16. The molecule has 2 heterocycles. The fourth-order valence-electron chi connectivity index (χ4n) is 3.88. The standard InChI is InChI=1S/C21H31N3O4/c1-23-11-3-6-19(13-23)28-21(26)16-7-9-17(10-8-16)22-20(25)15-24-12-4-5-18(14-24)27-2/h7-10,18-19H,3-6,11-15H2,1-2H3,(H,22,25)/t18-,19?/m1/s1. The molecule has 0 radical (unpaired) electrons. The number of amides is 1. The summed E-state index contributed by atoms with van der Waals surface area (Å²) in [6.07, 6.45) is 4.19. The molecule has 2 fully saturated rings. The third kappa shape index (κ3) is 6.02. The molecule has 3 rings (SSSR count). The Morgan fingerprint density at radius 3 is 2.50 bits per heavy atom. The normalized spacial score (nSPS) is 23.9. The molecule has 1 N–H and O–H groups in total. The summed E-state index contributed by atoms with van der Waals surface area (Å²) >= 11 is 0. The number of carbonyl (C=O) groups is 2. The van der Waals surface area contributed by atoms with Gasteiger partial charge >= 0.3 is 5.97 Å². The van der Waals surface area contributed by atoms with E-state index < -0.39 is 0 Å². The molecule has 28 heavy (non-hydrogen) atoms. The molecule has 1 unspecified atom stereocenters. The molecular formula is C21H31N3O4. The molecule has 0 aliphatic carbocycles. The van der Waals surface area contributed by atoms with Crippen LogP contribution in [0.4, 0.5) is 5.69 Å². The van der Waals surface area contributed by atoms with Crippen molar-refractivity contribution in [2.24, 2.45) is 0 Å². The molecule has 2 saturated heterocycles. The van der Waals surface area contributed by atoms with E-state index in [0.717, 1.165) is 51.9 Å². The molecule has 2 aliphatic heterocycles. The van der Waals surface area contributed by atoms with Crippen molar-refractivity contribution in [2.75, 3.05) is 52.2 Å². The van der Waals surface area contributed by atoms with Gasteiger partial charge in [0.2, 0.25) is 5.91 Å². The minimum absolute atomic E-state index is 0.0499. The molecule has 7 heteroatoms. The number of anilines is 1. The third-order valence-electron chi connectivity index (χ3n) is 5.42. The number of nitrogens with zero attached hydrogens (tertiary/aromatic N) is 2. The number of methoxy groups -OCH3 is 1. The van der Waals surface area contributed by atoms with Crippen LogP contribution in [0.3, 0.4) is 0 Å². The second-order valence-corrected chi connectivity index (χ2v) is 7.79. The molecular weight excluding hydrogens is 358 g/mol. The van der Waals surface area contributed by atoms with E-state index >= 15 is 0 Å². The third-order valence-corrected chi connectivity index (χ3v) is 5.42. The molecule has 2 atom stereocenters. The summed E-state index contributed by atoms with van der Waals surface area (Å²) in [5.74, 6) is -0.366. The Balaban J connectivity index is 1.47. The summed E-state index contributed by atoms with van der Waals surface area (Å²) in [6, 6.07) is 6.89. The lowest BCUT2D eigenvalue weighted by Crippen LogP contribution is -2.43. The summed E-state index contributed by atoms with van der Waals surface area (Å²) < 4.78 is 11.0. The first kappa shape index (κ1) is 20.8. The van der Waals surface area contributed by atoms with E-state index in [1.54, 1.807) is 31.4 Å². The van der Waals surface area contributed by atoms with Crippen LogP contribution in [-0.2, 0) is 14.3 Å². The second kappa shape index (κ2) is 10.0. The van der Waals surface area contributed by atoms with Gasteiger partial charge in [-0.25, -0.2) is 4.79 Å². The zero-order valence-electron chi connectivity index (χ0n) is 16.9. The summed E-state index contributed by atoms with van der Waals surface area (Å²) in [4.78, 5) is 28.9. The van der Waals surface area contributed by atoms with Crippen molar-refractivity contribution in [3.63, 3.8) is 0 Å². The van der Waals surface area contributed by atoms with Gasteiger partial charge in [-0.3, -0.25) is 9.69 Å². The van der Waals surface area contributed by atoms with Crippen molar-refractivity contribution in [2.45, 2.75) is 37.9 Å². The Kier molecular flexibility index (Phi) is 7.42. The molecule has 0 spiro atoms. The van der Waals surface area contributed by atoms with Gasteiger partial charge in [0.1, 0.15) is 6.10 Å². The molecule has 1 amide bonds. The van der Waals surface area contributed by atoms with Crippen LogP contribution in [0, 0.1) is 0 Å². The van der Waals surface area contributed by atoms with Crippen LogP contribution < -0.4 is 5.32 Å². The zero-order chi connectivity index (χ0) is 19.9. The average molecular weight is 389 g/mol. The highest BCUT2D eigenvalue weighted by molar-refractivity contribution is 5.94. The Morgan fingerprint density at radius 1 is 1.07 bits per heavy atom. The van der Waals surface area contributed by atoms with Gasteiger partial charge in [0, 0.05) is 25.9 Å². The molecule has 2 aliphatic rings. The quantitative estimate of drug-likeness (QED) is 0.751. The van der Waals surface area contributed by atoms with Crippen LogP contribution in [0.1, 0.15) is 36.0 Å². The number of piperidine rings is 2. The number of hydrogen-bond acceptors (Lipinski definition) is 6. The smallest absolute Gasteiger partial charge is 0.338 e. The molecule has 1 aromatic rings. The van der Waals surface area contributed by atoms with Crippen molar-refractivity contribution < 1.29 is 19.1 Å². The van der Waals surface area contributed by atoms with Gasteiger partial charge in [0.05, 0.1) is 18.2 Å². The van der Waals surface area contributed by atoms with E-state index in [2.05, 4.69) is 15.1 Å². The molecule has 0 aromatic heterocycles. The van der Waals surface area contributed by atoms with E-state index in [1.165, 1.54) is 0 Å². The lowest BCUT2D eigenvalue weighted by molar-refractivity contribution is -0.118. The summed E-state index contributed by atoms with van der Waals surface area (Å²) in [5, 5.41) is 2.90. The number of hydrogen-bond donors (Lipinski definition) is 1. The van der Waals surface area contributed by atoms with Crippen molar-refractivity contribution >= 4 is 17.6 Å². The van der Waals surface area contributed by atoms with Crippen LogP contribution in [0.15, 0.2) is 24.3 Å². The maximum absolute atomic E-state index is 12.3. The predicted molar refractivity (Wildman–Crippen MR) is 107 cm³/mol. The maximum Gasteiger partial charge on any atom is 0.338 e. The van der Waals surface area contributed by atoms with Gasteiger partial charge in [-0.05, 0) is 70.1 Å². The molecule has 1 aromatic carbocycles. The van der Waals surface area contributed by atoms with Crippen molar-refractivity contribution in [1.29, 1.82) is 0 Å². The molecule has 154 valence electrons. The van der Waals surface area contributed by atoms with E-state index in [9.17, 15) is 9.59 Å². The number of ether oxygens (including phenoxy) is 2. The van der Waals surface area contributed by atoms with E-state index in [0.29, 0.717) is 17.8 Å². The first-order chi connectivity index (χ1) is 13.5. The zero-order valence-corrected chi connectivity index (χ0v) is 16.9. The Hall–Kier alpha value is -1.96. The Morgan fingerprint density at radius 2 is 1.79 bits per heavy atom. The lowest BCUT2D eigenvalue weighted by Gasteiger charge is -2.31. The number of esters is 1. The van der Waals surface area contributed by atoms with Crippen molar-refractivity contribution in [3.05, 3.63) is 29.8 Å². The van der Waals surface area contributed by atoms with E-state index in [4.69, 9.17) is 9.47 Å². The fraction of sp³-hybridized carbons (Fsp3) is 0.619. The van der Waals surface area contributed by atoms with E-state index in [-0.39, 0.29) is 24.1 Å². The van der Waals surface area contributed by atoms with Crippen LogP contribution >= 0.6 is 0 Å². The number of carbonyl (C=O) groups excluding carboxylic acids is 2. The van der Waals surface area contributed by atoms with Gasteiger partial charge in [-0.15, -0.1) is 0 Å². The number of likely N-dealkylation sites (tertiary alicyclic amines) is 2. The summed E-state index contributed by atoms with van der Waals surface area (Å²) in [6.45, 7) is 3.87. The first-order valence-electron chi connectivity index (χ1n) is 10.1.